The number of rotatable bonds is 4. The summed E-state index contributed by atoms with van der Waals surface area (Å²) in [7, 11) is 0. The highest BCUT2D eigenvalue weighted by Gasteiger charge is 2.23. The standard InChI is InChI=1S/C10H16N2O2S/c1-4-7-5-11-8(15-7)6-12-9(13)10(2,3)14/h5,14H,4,6H2,1-3H3,(H,12,13). The van der Waals surface area contributed by atoms with Crippen LogP contribution in [-0.4, -0.2) is 21.6 Å². The first-order chi connectivity index (χ1) is 6.93. The van der Waals surface area contributed by atoms with E-state index in [0.717, 1.165) is 11.4 Å². The second kappa shape index (κ2) is 4.72. The Hall–Kier alpha value is -0.940. The van der Waals surface area contributed by atoms with E-state index >= 15 is 0 Å². The molecule has 15 heavy (non-hydrogen) atoms. The number of amides is 1. The molecule has 0 aliphatic carbocycles. The van der Waals surface area contributed by atoms with Crippen molar-refractivity contribution in [1.82, 2.24) is 10.3 Å². The molecule has 0 saturated carbocycles. The summed E-state index contributed by atoms with van der Waals surface area (Å²) in [5.41, 5.74) is -1.33. The highest BCUT2D eigenvalue weighted by molar-refractivity contribution is 7.11. The highest BCUT2D eigenvalue weighted by Crippen LogP contribution is 2.13. The van der Waals surface area contributed by atoms with Crippen molar-refractivity contribution >= 4 is 17.2 Å². The number of carbonyl (C=O) groups is 1. The minimum Gasteiger partial charge on any atom is -0.381 e. The number of nitrogens with zero attached hydrogens (tertiary/aromatic N) is 1. The first-order valence-electron chi connectivity index (χ1n) is 4.87. The maximum absolute atomic E-state index is 11.3. The number of aromatic nitrogens is 1. The van der Waals surface area contributed by atoms with Crippen LogP contribution in [0.3, 0.4) is 0 Å². The van der Waals surface area contributed by atoms with Crippen LogP contribution < -0.4 is 5.32 Å². The van der Waals surface area contributed by atoms with Gasteiger partial charge >= 0.3 is 0 Å². The van der Waals surface area contributed by atoms with Gasteiger partial charge in [0.1, 0.15) is 10.6 Å². The predicted octanol–water partition coefficient (Wildman–Crippen LogP) is 1.09. The van der Waals surface area contributed by atoms with Crippen molar-refractivity contribution in [3.05, 3.63) is 16.1 Å². The summed E-state index contributed by atoms with van der Waals surface area (Å²) >= 11 is 1.58. The maximum atomic E-state index is 11.3. The zero-order valence-corrected chi connectivity index (χ0v) is 10.0. The fourth-order valence-corrected chi connectivity index (χ4v) is 1.77. The third-order valence-electron chi connectivity index (χ3n) is 1.91. The van der Waals surface area contributed by atoms with Crippen LogP contribution in [0.25, 0.3) is 0 Å². The fourth-order valence-electron chi connectivity index (χ4n) is 0.965. The molecule has 1 amide bonds. The van der Waals surface area contributed by atoms with Crippen LogP contribution in [-0.2, 0) is 17.8 Å². The monoisotopic (exact) mass is 228 g/mol. The second-order valence-electron chi connectivity index (χ2n) is 3.82. The van der Waals surface area contributed by atoms with E-state index < -0.39 is 5.60 Å². The lowest BCUT2D eigenvalue weighted by Gasteiger charge is -2.15. The van der Waals surface area contributed by atoms with E-state index in [2.05, 4.69) is 17.2 Å². The molecule has 2 N–H and O–H groups in total. The summed E-state index contributed by atoms with van der Waals surface area (Å²) < 4.78 is 0. The van der Waals surface area contributed by atoms with Gasteiger partial charge in [0.15, 0.2) is 0 Å². The number of aliphatic hydroxyl groups is 1. The minimum atomic E-state index is -1.33. The Morgan fingerprint density at radius 1 is 1.67 bits per heavy atom. The first-order valence-corrected chi connectivity index (χ1v) is 5.69. The van der Waals surface area contributed by atoms with E-state index in [-0.39, 0.29) is 5.91 Å². The normalized spacial score (nSPS) is 11.5. The van der Waals surface area contributed by atoms with Crippen LogP contribution in [0.2, 0.25) is 0 Å². The molecular formula is C10H16N2O2S. The molecule has 0 unspecified atom stereocenters. The van der Waals surface area contributed by atoms with E-state index in [0.29, 0.717) is 6.54 Å². The molecule has 0 atom stereocenters. The largest absolute Gasteiger partial charge is 0.381 e. The molecule has 0 spiro atoms. The summed E-state index contributed by atoms with van der Waals surface area (Å²) in [6.07, 6.45) is 2.77. The molecule has 0 fully saturated rings. The van der Waals surface area contributed by atoms with Crippen molar-refractivity contribution in [3.63, 3.8) is 0 Å². The molecule has 1 aromatic heterocycles. The smallest absolute Gasteiger partial charge is 0.251 e. The zero-order chi connectivity index (χ0) is 11.5. The second-order valence-corrected chi connectivity index (χ2v) is 5.02. The van der Waals surface area contributed by atoms with Gasteiger partial charge in [0.2, 0.25) is 0 Å². The van der Waals surface area contributed by atoms with Gasteiger partial charge in [0.25, 0.3) is 5.91 Å². The van der Waals surface area contributed by atoms with Crippen LogP contribution in [0, 0.1) is 0 Å². The number of aryl methyl sites for hydroxylation is 1. The third kappa shape index (κ3) is 3.60. The van der Waals surface area contributed by atoms with Gasteiger partial charge in [-0.3, -0.25) is 4.79 Å². The summed E-state index contributed by atoms with van der Waals surface area (Å²) in [6, 6.07) is 0. The number of thiazole rings is 1. The first kappa shape index (κ1) is 12.1. The van der Waals surface area contributed by atoms with E-state index in [4.69, 9.17) is 0 Å². The lowest BCUT2D eigenvalue weighted by molar-refractivity contribution is -0.136. The number of nitrogens with one attached hydrogen (secondary N) is 1. The minimum absolute atomic E-state index is 0.379. The summed E-state index contributed by atoms with van der Waals surface area (Å²) in [4.78, 5) is 16.7. The van der Waals surface area contributed by atoms with Crippen LogP contribution in [0.1, 0.15) is 30.7 Å². The van der Waals surface area contributed by atoms with Crippen molar-refractivity contribution in [2.75, 3.05) is 0 Å². The van der Waals surface area contributed by atoms with Gasteiger partial charge in [0.05, 0.1) is 6.54 Å². The molecule has 0 aromatic carbocycles. The molecule has 0 aliphatic heterocycles. The molecule has 84 valence electrons. The lowest BCUT2D eigenvalue weighted by Crippen LogP contribution is -2.41. The number of hydrogen-bond acceptors (Lipinski definition) is 4. The van der Waals surface area contributed by atoms with Crippen LogP contribution in [0.4, 0.5) is 0 Å². The average Bonchev–Trinajstić information content (AvgIpc) is 2.60. The number of hydrogen-bond donors (Lipinski definition) is 2. The number of carbonyl (C=O) groups excluding carboxylic acids is 1. The Morgan fingerprint density at radius 2 is 2.33 bits per heavy atom. The summed E-state index contributed by atoms with van der Waals surface area (Å²) in [5, 5.41) is 12.9. The van der Waals surface area contributed by atoms with Crippen LogP contribution in [0.5, 0.6) is 0 Å². The van der Waals surface area contributed by atoms with Gasteiger partial charge in [-0.2, -0.15) is 0 Å². The van der Waals surface area contributed by atoms with E-state index in [1.54, 1.807) is 11.3 Å². The average molecular weight is 228 g/mol. The Morgan fingerprint density at radius 3 is 2.80 bits per heavy atom. The van der Waals surface area contributed by atoms with Crippen molar-refractivity contribution in [2.24, 2.45) is 0 Å². The predicted molar refractivity (Wildman–Crippen MR) is 59.6 cm³/mol. The molecule has 5 heteroatoms. The Kier molecular flexibility index (Phi) is 3.82. The Balaban J connectivity index is 2.47. The van der Waals surface area contributed by atoms with Crippen molar-refractivity contribution in [2.45, 2.75) is 39.3 Å². The van der Waals surface area contributed by atoms with Crippen molar-refractivity contribution < 1.29 is 9.90 Å². The molecular weight excluding hydrogens is 212 g/mol. The topological polar surface area (TPSA) is 62.2 Å². The Labute approximate surface area is 93.4 Å². The lowest BCUT2D eigenvalue weighted by atomic mass is 10.1. The van der Waals surface area contributed by atoms with Gasteiger partial charge in [-0.05, 0) is 20.3 Å². The van der Waals surface area contributed by atoms with Gasteiger partial charge in [-0.25, -0.2) is 4.98 Å². The third-order valence-corrected chi connectivity index (χ3v) is 3.05. The van der Waals surface area contributed by atoms with Gasteiger partial charge in [0, 0.05) is 11.1 Å². The van der Waals surface area contributed by atoms with Crippen molar-refractivity contribution in [1.29, 1.82) is 0 Å². The van der Waals surface area contributed by atoms with Crippen LogP contribution >= 0.6 is 11.3 Å². The van der Waals surface area contributed by atoms with Gasteiger partial charge in [-0.1, -0.05) is 6.92 Å². The van der Waals surface area contributed by atoms with E-state index in [1.165, 1.54) is 18.7 Å². The maximum Gasteiger partial charge on any atom is 0.251 e. The Bertz CT molecular complexity index is 341. The molecule has 0 saturated heterocycles. The molecule has 1 rings (SSSR count). The molecule has 1 heterocycles. The van der Waals surface area contributed by atoms with Gasteiger partial charge < -0.3 is 10.4 Å². The highest BCUT2D eigenvalue weighted by atomic mass is 32.1. The summed E-state index contributed by atoms with van der Waals surface area (Å²) in [6.45, 7) is 5.36. The van der Waals surface area contributed by atoms with Crippen LogP contribution in [0.15, 0.2) is 6.20 Å². The van der Waals surface area contributed by atoms with Crippen molar-refractivity contribution in [3.8, 4) is 0 Å². The quantitative estimate of drug-likeness (QED) is 0.811. The molecule has 0 radical (unpaired) electrons. The van der Waals surface area contributed by atoms with Gasteiger partial charge in [-0.15, -0.1) is 11.3 Å². The summed E-state index contributed by atoms with van der Waals surface area (Å²) in [5.74, 6) is -0.379. The molecule has 1 aromatic rings. The fraction of sp³-hybridized carbons (Fsp3) is 0.600. The molecule has 4 nitrogen and oxygen atoms in total. The molecule has 0 aliphatic rings. The molecule has 0 bridgehead atoms. The van der Waals surface area contributed by atoms with E-state index in [9.17, 15) is 9.90 Å². The zero-order valence-electron chi connectivity index (χ0n) is 9.20. The SMILES string of the molecule is CCc1cnc(CNC(=O)C(C)(C)O)s1. The van der Waals surface area contributed by atoms with E-state index in [1.807, 2.05) is 6.20 Å².